The Morgan fingerprint density at radius 2 is 0.530 bits per heavy atom. The van der Waals surface area contributed by atoms with E-state index in [1.54, 1.807) is 0 Å². The Morgan fingerprint density at radius 1 is 0.290 bits per heavy atom. The van der Waals surface area contributed by atoms with Crippen LogP contribution in [-0.2, 0) is 65.4 Å². The topological polar surface area (TPSA) is 237 Å². The molecule has 0 spiro atoms. The fourth-order valence-corrected chi connectivity index (χ4v) is 11.8. The summed E-state index contributed by atoms with van der Waals surface area (Å²) in [6.45, 7) is 4.57. The zero-order chi connectivity index (χ0) is 73.2. The number of hydrogen-bond acceptors (Lipinski definition) is 15. The van der Waals surface area contributed by atoms with Crippen molar-refractivity contribution in [3.05, 3.63) is 109 Å². The predicted octanol–water partition coefficient (Wildman–Crippen LogP) is 22.6. The normalized spacial score (nSPS) is 14.5. The molecule has 17 nitrogen and oxygen atoms in total. The Balaban J connectivity index is 5.31. The summed E-state index contributed by atoms with van der Waals surface area (Å²) in [6, 6.07) is 0. The van der Waals surface area contributed by atoms with Gasteiger partial charge in [0.2, 0.25) is 0 Å². The van der Waals surface area contributed by atoms with E-state index >= 15 is 0 Å². The van der Waals surface area contributed by atoms with Crippen molar-refractivity contribution in [2.45, 2.75) is 341 Å². The smallest absolute Gasteiger partial charge is 0.462 e. The minimum absolute atomic E-state index is 0.0802. The molecule has 100 heavy (non-hydrogen) atoms. The molecule has 576 valence electrons. The van der Waals surface area contributed by atoms with E-state index in [2.05, 4.69) is 137 Å². The number of ether oxygens (including phenoxy) is 4. The van der Waals surface area contributed by atoms with Crippen LogP contribution in [0.25, 0.3) is 0 Å². The van der Waals surface area contributed by atoms with Crippen molar-refractivity contribution >= 4 is 39.5 Å². The summed E-state index contributed by atoms with van der Waals surface area (Å²) in [5.74, 6) is -2.21. The van der Waals surface area contributed by atoms with Gasteiger partial charge in [0.25, 0.3) is 0 Å². The summed E-state index contributed by atoms with van der Waals surface area (Å²) >= 11 is 0. The fraction of sp³-hybridized carbons (Fsp3) is 0.728. The molecule has 5 unspecified atom stereocenters. The first-order valence-electron chi connectivity index (χ1n) is 39.1. The van der Waals surface area contributed by atoms with Crippen LogP contribution in [-0.4, -0.2) is 96.7 Å². The highest BCUT2D eigenvalue weighted by molar-refractivity contribution is 7.47. The summed E-state index contributed by atoms with van der Waals surface area (Å²) in [5, 5.41) is 10.6. The van der Waals surface area contributed by atoms with Crippen molar-refractivity contribution in [1.82, 2.24) is 0 Å². The summed E-state index contributed by atoms with van der Waals surface area (Å²) < 4.78 is 68.5. The second-order valence-corrected chi connectivity index (χ2v) is 28.8. The number of rotatable bonds is 73. The highest BCUT2D eigenvalue weighted by Crippen LogP contribution is 2.45. The van der Waals surface area contributed by atoms with Crippen molar-refractivity contribution in [2.24, 2.45) is 0 Å². The Kier molecular flexibility index (Phi) is 69.9. The molecule has 0 fully saturated rings. The maximum atomic E-state index is 13.1. The van der Waals surface area contributed by atoms with Gasteiger partial charge in [-0.3, -0.25) is 37.3 Å². The molecule has 0 aromatic heterocycles. The molecule has 0 aromatic carbocycles. The van der Waals surface area contributed by atoms with Gasteiger partial charge >= 0.3 is 39.5 Å². The first-order chi connectivity index (χ1) is 48.7. The largest absolute Gasteiger partial charge is 0.472 e. The molecule has 3 N–H and O–H groups in total. The molecule has 0 aromatic rings. The monoisotopic (exact) mass is 1450 g/mol. The molecule has 0 aliphatic carbocycles. The molecule has 0 saturated heterocycles. The predicted molar refractivity (Wildman–Crippen MR) is 408 cm³/mol. The van der Waals surface area contributed by atoms with Gasteiger partial charge in [0.15, 0.2) is 12.2 Å². The molecule has 0 aliphatic rings. The second-order valence-electron chi connectivity index (χ2n) is 25.9. The number of hydrogen-bond donors (Lipinski definition) is 3. The molecule has 0 rings (SSSR count). The van der Waals surface area contributed by atoms with E-state index < -0.39 is 97.5 Å². The fourth-order valence-electron chi connectivity index (χ4n) is 10.3. The molecule has 0 aliphatic heterocycles. The lowest BCUT2D eigenvalue weighted by Gasteiger charge is -2.21. The van der Waals surface area contributed by atoms with E-state index in [0.29, 0.717) is 25.7 Å². The van der Waals surface area contributed by atoms with Gasteiger partial charge in [-0.25, -0.2) is 9.13 Å². The Bertz CT molecular complexity index is 2320. The van der Waals surface area contributed by atoms with Gasteiger partial charge in [-0.05, 0) is 141 Å². The van der Waals surface area contributed by atoms with E-state index in [9.17, 15) is 43.2 Å². The van der Waals surface area contributed by atoms with Crippen molar-refractivity contribution in [3.63, 3.8) is 0 Å². The third-order valence-electron chi connectivity index (χ3n) is 16.2. The number of carbonyl (C=O) groups excluding carboxylic acids is 4. The molecule has 0 heterocycles. The number of esters is 4. The number of aliphatic hydroxyl groups is 1. The quantitative estimate of drug-likeness (QED) is 0.0169. The van der Waals surface area contributed by atoms with Crippen LogP contribution in [0.3, 0.4) is 0 Å². The van der Waals surface area contributed by atoms with Crippen LogP contribution in [0.15, 0.2) is 109 Å². The van der Waals surface area contributed by atoms with Crippen LogP contribution in [0.1, 0.15) is 323 Å². The van der Waals surface area contributed by atoms with Gasteiger partial charge < -0.3 is 33.8 Å². The van der Waals surface area contributed by atoms with Crippen LogP contribution >= 0.6 is 15.6 Å². The first-order valence-corrected chi connectivity index (χ1v) is 42.1. The lowest BCUT2D eigenvalue weighted by atomic mass is 10.1. The minimum Gasteiger partial charge on any atom is -0.462 e. The number of aliphatic hydroxyl groups excluding tert-OH is 1. The van der Waals surface area contributed by atoms with Crippen LogP contribution in [0.4, 0.5) is 0 Å². The summed E-state index contributed by atoms with van der Waals surface area (Å²) in [4.78, 5) is 72.9. The van der Waals surface area contributed by atoms with Crippen molar-refractivity contribution in [3.8, 4) is 0 Å². The van der Waals surface area contributed by atoms with Gasteiger partial charge in [0, 0.05) is 25.7 Å². The molecular weight excluding hydrogens is 1310 g/mol. The van der Waals surface area contributed by atoms with Crippen molar-refractivity contribution in [1.29, 1.82) is 0 Å². The summed E-state index contributed by atoms with van der Waals surface area (Å²) in [5.41, 5.74) is 0. The van der Waals surface area contributed by atoms with Crippen molar-refractivity contribution < 1.29 is 80.2 Å². The first kappa shape index (κ1) is 95.7. The van der Waals surface area contributed by atoms with Crippen LogP contribution in [0, 0.1) is 0 Å². The lowest BCUT2D eigenvalue weighted by Crippen LogP contribution is -2.30. The maximum Gasteiger partial charge on any atom is 0.472 e. The third-order valence-corrected chi connectivity index (χ3v) is 18.1. The average molecular weight is 1450 g/mol. The van der Waals surface area contributed by atoms with E-state index in [0.717, 1.165) is 205 Å². The van der Waals surface area contributed by atoms with E-state index in [1.807, 2.05) is 0 Å². The molecule has 0 bridgehead atoms. The lowest BCUT2D eigenvalue weighted by molar-refractivity contribution is -0.161. The van der Waals surface area contributed by atoms with Gasteiger partial charge in [0.1, 0.15) is 19.3 Å². The number of phosphoric acid groups is 2. The SMILES string of the molecule is CC/C=C\C/C=C\C/C=C\C/C=C\CCCCCCCCC(=O)OCC(COP(=O)(O)OCC(O)COP(=O)(O)OCC(COC(=O)CCCCCCCCC/C=C\C/C=C\C/C=C\CC)OC(=O)CCCCCCC/C=C\CCCCCC)OC(=O)CCCCCCC/C=C\CCCC. The summed E-state index contributed by atoms with van der Waals surface area (Å²) in [7, 11) is -9.96. The molecule has 0 amide bonds. The Hall–Kier alpha value is -4.28. The van der Waals surface area contributed by atoms with Crippen LogP contribution in [0.2, 0.25) is 0 Å². The van der Waals surface area contributed by atoms with Gasteiger partial charge in [0.05, 0.1) is 26.4 Å². The minimum atomic E-state index is -4.98. The van der Waals surface area contributed by atoms with Gasteiger partial charge in [-0.2, -0.15) is 0 Å². The standard InChI is InChI=1S/C81H140O17P2/c1-5-9-13-17-21-25-29-32-34-36-37-39-41-44-47-50-54-58-62-66-78(83)91-71-76(97-80(85)67-63-59-55-51-45-28-24-20-16-12-8-4)73-95-99(87,88)93-69-75(82)70-94-100(89,90)96-74-77(98-81(86)68-64-60-56-52-48-42-31-27-23-19-15-11-7-3)72-92-79(84)65-61-57-53-49-46-43-40-38-35-33-30-26-22-18-14-10-6-2/h9-10,13-14,20-22,24-27,31-35,37,39,75-77,82H,5-8,11-12,15-19,23,28-30,36,38,40-74H2,1-4H3,(H,87,88)(H,89,90)/b13-9-,14-10-,24-20-,25-21-,26-22-,31-27-,34-32-,35-33-,39-37-. The second kappa shape index (κ2) is 73.0. The Morgan fingerprint density at radius 3 is 0.840 bits per heavy atom. The maximum absolute atomic E-state index is 13.1. The molecule has 0 radical (unpaired) electrons. The van der Waals surface area contributed by atoms with Gasteiger partial charge in [-0.15, -0.1) is 0 Å². The molecule has 19 heteroatoms. The molecule has 0 saturated carbocycles. The Labute approximate surface area is 607 Å². The van der Waals surface area contributed by atoms with Crippen molar-refractivity contribution in [2.75, 3.05) is 39.6 Å². The van der Waals surface area contributed by atoms with E-state index in [-0.39, 0.29) is 25.7 Å². The average Bonchev–Trinajstić information content (AvgIpc) is 1.02. The zero-order valence-corrected chi connectivity index (χ0v) is 64.6. The highest BCUT2D eigenvalue weighted by atomic mass is 31.2. The zero-order valence-electron chi connectivity index (χ0n) is 62.8. The third kappa shape index (κ3) is 72.1. The molecular formula is C81H140O17P2. The van der Waals surface area contributed by atoms with E-state index in [4.69, 9.17) is 37.0 Å². The summed E-state index contributed by atoms with van der Waals surface area (Å²) in [6.07, 6.45) is 77.9. The van der Waals surface area contributed by atoms with E-state index in [1.165, 1.54) is 38.5 Å². The van der Waals surface area contributed by atoms with Gasteiger partial charge in [-0.1, -0.05) is 265 Å². The van der Waals surface area contributed by atoms with Crippen LogP contribution < -0.4 is 0 Å². The molecule has 5 atom stereocenters. The number of phosphoric ester groups is 2. The highest BCUT2D eigenvalue weighted by Gasteiger charge is 2.30. The number of carbonyl (C=O) groups is 4. The van der Waals surface area contributed by atoms with Crippen LogP contribution in [0.5, 0.6) is 0 Å². The number of allylic oxidation sites excluding steroid dienone is 18. The number of unbranched alkanes of at least 4 members (excludes halogenated alkanes) is 29.